The minimum absolute atomic E-state index is 0.0508. The van der Waals surface area contributed by atoms with Crippen molar-refractivity contribution in [2.75, 3.05) is 40.4 Å². The highest BCUT2D eigenvalue weighted by Crippen LogP contribution is 2.42. The first-order valence-electron chi connectivity index (χ1n) is 12.4. The topological polar surface area (TPSA) is 88.5 Å². The zero-order valence-electron chi connectivity index (χ0n) is 21.5. The summed E-state index contributed by atoms with van der Waals surface area (Å²) in [7, 11) is 3.81. The van der Waals surface area contributed by atoms with Crippen LogP contribution in [0.1, 0.15) is 43.5 Å². The molecule has 0 spiro atoms. The Bertz CT molecular complexity index is 1190. The molecule has 8 nitrogen and oxygen atoms in total. The minimum atomic E-state index is -0.761. The summed E-state index contributed by atoms with van der Waals surface area (Å²) in [5.41, 5.74) is 2.18. The Morgan fingerprint density at radius 2 is 1.81 bits per heavy atom. The van der Waals surface area contributed by atoms with Crippen molar-refractivity contribution < 1.29 is 28.9 Å². The average Bonchev–Trinajstić information content (AvgIpc) is 3.34. The first-order chi connectivity index (χ1) is 17.2. The van der Waals surface area contributed by atoms with Crippen LogP contribution in [-0.4, -0.2) is 73.1 Å². The summed E-state index contributed by atoms with van der Waals surface area (Å²) in [6.45, 7) is 7.55. The molecule has 1 fully saturated rings. The number of ketones is 1. The zero-order valence-corrected chi connectivity index (χ0v) is 21.5. The van der Waals surface area contributed by atoms with Crippen molar-refractivity contribution in [2.45, 2.75) is 39.3 Å². The van der Waals surface area contributed by atoms with Crippen LogP contribution < -0.4 is 14.2 Å². The number of carbonyl (C=O) groups excluding carboxylic acids is 2. The maximum absolute atomic E-state index is 13.3. The van der Waals surface area contributed by atoms with Gasteiger partial charge in [-0.25, -0.2) is 0 Å². The Morgan fingerprint density at radius 3 is 2.50 bits per heavy atom. The highest BCUT2D eigenvalue weighted by Gasteiger charge is 2.46. The number of hydrogen-bond donors (Lipinski definition) is 1. The Balaban J connectivity index is 1.84. The largest absolute Gasteiger partial charge is 0.507 e. The predicted molar refractivity (Wildman–Crippen MR) is 137 cm³/mol. The SMILES string of the molecule is CCOc1ccc([C@H]2C(=C(O)c3ccc4c(c3)C[C@H](C)O4)C(=O)C(=O)N2CCN(C)C)cc1OCC. The monoisotopic (exact) mass is 494 g/mol. The lowest BCUT2D eigenvalue weighted by Gasteiger charge is -2.27. The Labute approximate surface area is 212 Å². The molecule has 36 heavy (non-hydrogen) atoms. The maximum Gasteiger partial charge on any atom is 0.295 e. The summed E-state index contributed by atoms with van der Waals surface area (Å²) in [4.78, 5) is 30.0. The van der Waals surface area contributed by atoms with Crippen LogP contribution in [0.3, 0.4) is 0 Å². The van der Waals surface area contributed by atoms with Crippen LogP contribution in [0.2, 0.25) is 0 Å². The molecule has 2 heterocycles. The van der Waals surface area contributed by atoms with Crippen LogP contribution in [0, 0.1) is 0 Å². The average molecular weight is 495 g/mol. The van der Waals surface area contributed by atoms with E-state index in [4.69, 9.17) is 14.2 Å². The molecule has 0 radical (unpaired) electrons. The van der Waals surface area contributed by atoms with E-state index < -0.39 is 17.7 Å². The Hall–Kier alpha value is -3.52. The number of fused-ring (bicyclic) bond motifs is 1. The van der Waals surface area contributed by atoms with Crippen molar-refractivity contribution >= 4 is 17.4 Å². The fraction of sp³-hybridized carbons (Fsp3) is 0.429. The third kappa shape index (κ3) is 4.91. The van der Waals surface area contributed by atoms with Crippen LogP contribution in [0.4, 0.5) is 0 Å². The number of Topliss-reactive ketones (excluding diaryl/α,β-unsaturated/α-hetero) is 1. The van der Waals surface area contributed by atoms with Crippen molar-refractivity contribution in [1.29, 1.82) is 0 Å². The van der Waals surface area contributed by atoms with E-state index in [-0.39, 0.29) is 17.4 Å². The molecule has 1 saturated heterocycles. The van der Waals surface area contributed by atoms with Crippen LogP contribution in [-0.2, 0) is 16.0 Å². The summed E-state index contributed by atoms with van der Waals surface area (Å²) in [6.07, 6.45) is 0.767. The van der Waals surface area contributed by atoms with Gasteiger partial charge in [-0.15, -0.1) is 0 Å². The Kier molecular flexibility index (Phi) is 7.54. The van der Waals surface area contributed by atoms with Gasteiger partial charge in [0.2, 0.25) is 0 Å². The van der Waals surface area contributed by atoms with Gasteiger partial charge in [0, 0.05) is 25.1 Å². The fourth-order valence-electron chi connectivity index (χ4n) is 4.73. The molecule has 0 aliphatic carbocycles. The second kappa shape index (κ2) is 10.6. The maximum atomic E-state index is 13.3. The number of likely N-dealkylation sites (N-methyl/N-ethyl adjacent to an activating group) is 1. The number of aliphatic hydroxyl groups is 1. The van der Waals surface area contributed by atoms with Crippen molar-refractivity contribution in [2.24, 2.45) is 0 Å². The number of nitrogens with zero attached hydrogens (tertiary/aromatic N) is 2. The molecular weight excluding hydrogens is 460 g/mol. The minimum Gasteiger partial charge on any atom is -0.507 e. The molecule has 4 rings (SSSR count). The van der Waals surface area contributed by atoms with Gasteiger partial charge in [-0.3, -0.25) is 9.59 Å². The quantitative estimate of drug-likeness (QED) is 0.322. The molecule has 0 aromatic heterocycles. The first-order valence-corrected chi connectivity index (χ1v) is 12.4. The van der Waals surface area contributed by atoms with Gasteiger partial charge in [-0.2, -0.15) is 0 Å². The summed E-state index contributed by atoms with van der Waals surface area (Å²) >= 11 is 0. The molecular formula is C28H34N2O6. The van der Waals surface area contributed by atoms with Crippen molar-refractivity contribution in [3.05, 3.63) is 58.7 Å². The van der Waals surface area contributed by atoms with Crippen LogP contribution in [0.5, 0.6) is 17.2 Å². The van der Waals surface area contributed by atoms with E-state index in [9.17, 15) is 14.7 Å². The lowest BCUT2D eigenvalue weighted by Crippen LogP contribution is -2.35. The van der Waals surface area contributed by atoms with E-state index in [0.717, 1.165) is 11.3 Å². The molecule has 2 aliphatic rings. The molecule has 2 aromatic carbocycles. The van der Waals surface area contributed by atoms with E-state index in [2.05, 4.69) is 0 Å². The lowest BCUT2D eigenvalue weighted by atomic mass is 9.94. The molecule has 0 saturated carbocycles. The van der Waals surface area contributed by atoms with E-state index >= 15 is 0 Å². The van der Waals surface area contributed by atoms with Crippen LogP contribution >= 0.6 is 0 Å². The number of amides is 1. The van der Waals surface area contributed by atoms with Gasteiger partial charge in [0.25, 0.3) is 11.7 Å². The molecule has 192 valence electrons. The van der Waals surface area contributed by atoms with E-state index in [1.54, 1.807) is 24.3 Å². The number of benzene rings is 2. The molecule has 1 N–H and O–H groups in total. The fourth-order valence-corrected chi connectivity index (χ4v) is 4.73. The van der Waals surface area contributed by atoms with Gasteiger partial charge in [0.15, 0.2) is 11.5 Å². The Morgan fingerprint density at radius 1 is 1.08 bits per heavy atom. The van der Waals surface area contributed by atoms with Gasteiger partial charge in [0.05, 0.1) is 24.8 Å². The second-order valence-electron chi connectivity index (χ2n) is 9.32. The molecule has 8 heteroatoms. The normalized spacial score (nSPS) is 20.6. The molecule has 2 atom stereocenters. The number of ether oxygens (including phenoxy) is 3. The van der Waals surface area contributed by atoms with Crippen molar-refractivity contribution in [3.63, 3.8) is 0 Å². The van der Waals surface area contributed by atoms with Crippen LogP contribution in [0.25, 0.3) is 5.76 Å². The summed E-state index contributed by atoms with van der Waals surface area (Å²) in [5, 5.41) is 11.4. The smallest absolute Gasteiger partial charge is 0.295 e. The van der Waals surface area contributed by atoms with Crippen molar-refractivity contribution in [1.82, 2.24) is 9.80 Å². The number of aliphatic hydroxyl groups excluding tert-OH is 1. The molecule has 1 amide bonds. The summed E-state index contributed by atoms with van der Waals surface area (Å²) in [6, 6.07) is 9.99. The second-order valence-corrected chi connectivity index (χ2v) is 9.32. The van der Waals surface area contributed by atoms with Gasteiger partial charge in [-0.05, 0) is 76.3 Å². The third-order valence-electron chi connectivity index (χ3n) is 6.38. The van der Waals surface area contributed by atoms with E-state index in [1.165, 1.54) is 4.90 Å². The van der Waals surface area contributed by atoms with Crippen LogP contribution in [0.15, 0.2) is 42.0 Å². The van der Waals surface area contributed by atoms with E-state index in [0.29, 0.717) is 55.4 Å². The molecule has 0 unspecified atom stereocenters. The molecule has 2 aliphatic heterocycles. The highest BCUT2D eigenvalue weighted by molar-refractivity contribution is 6.46. The zero-order chi connectivity index (χ0) is 26.0. The van der Waals surface area contributed by atoms with Gasteiger partial charge in [0.1, 0.15) is 17.6 Å². The lowest BCUT2D eigenvalue weighted by molar-refractivity contribution is -0.140. The number of rotatable bonds is 9. The number of likely N-dealkylation sites (tertiary alicyclic amines) is 1. The number of hydrogen-bond acceptors (Lipinski definition) is 7. The molecule has 0 bridgehead atoms. The van der Waals surface area contributed by atoms with Gasteiger partial charge >= 0.3 is 0 Å². The standard InChI is InChI=1S/C28H34N2O6/c1-6-34-22-11-8-18(16-23(22)35-7-2)25-24(27(32)28(33)30(25)13-12-29(4)5)26(31)19-9-10-21-20(15-19)14-17(3)36-21/h8-11,15-17,25,31H,6-7,12-14H2,1-5H3/t17-,25-/m0/s1. The van der Waals surface area contributed by atoms with Crippen molar-refractivity contribution in [3.8, 4) is 17.2 Å². The number of carbonyl (C=O) groups is 2. The summed E-state index contributed by atoms with van der Waals surface area (Å²) in [5.74, 6) is 0.358. The molecule has 2 aromatic rings. The predicted octanol–water partition coefficient (Wildman–Crippen LogP) is 3.79. The van der Waals surface area contributed by atoms with Gasteiger partial charge < -0.3 is 29.1 Å². The van der Waals surface area contributed by atoms with Gasteiger partial charge in [-0.1, -0.05) is 6.07 Å². The van der Waals surface area contributed by atoms with E-state index in [1.807, 2.05) is 51.9 Å². The highest BCUT2D eigenvalue weighted by atomic mass is 16.5. The first kappa shape index (κ1) is 25.6. The summed E-state index contributed by atoms with van der Waals surface area (Å²) < 4.78 is 17.3. The third-order valence-corrected chi connectivity index (χ3v) is 6.38.